The minimum Gasteiger partial charge on any atom is -0.474 e. The number of carbonyl (C=O) groups is 1. The number of nitrogens with zero attached hydrogens (tertiary/aromatic N) is 1. The molecule has 1 heterocycles. The second-order valence-electron chi connectivity index (χ2n) is 5.35. The summed E-state index contributed by atoms with van der Waals surface area (Å²) in [6, 6.07) is 11.0. The van der Waals surface area contributed by atoms with Gasteiger partial charge in [-0.3, -0.25) is 0 Å². The molecule has 7 heteroatoms. The van der Waals surface area contributed by atoms with Gasteiger partial charge in [-0.1, -0.05) is 12.1 Å². The van der Waals surface area contributed by atoms with Crippen LogP contribution in [0.4, 0.5) is 8.78 Å². The van der Waals surface area contributed by atoms with E-state index in [1.165, 1.54) is 11.3 Å². The number of aryl methyl sites for hydroxylation is 2. The number of ether oxygens (including phenoxy) is 1. The molecule has 0 saturated heterocycles. The Hall–Kier alpha value is -2.54. The molecule has 4 nitrogen and oxygen atoms in total. The van der Waals surface area contributed by atoms with Crippen molar-refractivity contribution < 1.29 is 23.4 Å². The van der Waals surface area contributed by atoms with E-state index in [4.69, 9.17) is 5.11 Å². The maximum Gasteiger partial charge on any atom is 0.501 e. The minimum atomic E-state index is -4.27. The van der Waals surface area contributed by atoms with Crippen LogP contribution in [0, 0.1) is 13.8 Å². The van der Waals surface area contributed by atoms with Crippen LogP contribution < -0.4 is 4.74 Å². The number of alkyl halides is 2. The van der Waals surface area contributed by atoms with Crippen molar-refractivity contribution in [1.82, 2.24) is 4.98 Å². The van der Waals surface area contributed by atoms with Crippen LogP contribution in [0.5, 0.6) is 5.75 Å². The zero-order chi connectivity index (χ0) is 17.5. The molecule has 0 aliphatic carbocycles. The Morgan fingerprint density at radius 3 is 2.42 bits per heavy atom. The van der Waals surface area contributed by atoms with Crippen LogP contribution in [0.1, 0.15) is 11.1 Å². The van der Waals surface area contributed by atoms with Crippen molar-refractivity contribution in [3.63, 3.8) is 0 Å². The molecule has 0 aliphatic heterocycles. The number of para-hydroxylation sites is 1. The third kappa shape index (κ3) is 2.94. The summed E-state index contributed by atoms with van der Waals surface area (Å²) in [7, 11) is 0. The van der Waals surface area contributed by atoms with E-state index in [-0.39, 0.29) is 5.75 Å². The quantitative estimate of drug-likeness (QED) is 0.746. The largest absolute Gasteiger partial charge is 0.501 e. The van der Waals surface area contributed by atoms with Gasteiger partial charge in [-0.05, 0) is 49.2 Å². The smallest absolute Gasteiger partial charge is 0.474 e. The van der Waals surface area contributed by atoms with Gasteiger partial charge >= 0.3 is 12.1 Å². The number of fused-ring (bicyclic) bond motifs is 1. The lowest BCUT2D eigenvalue weighted by molar-refractivity contribution is -0.211. The number of carboxylic acid groups (broad SMARTS) is 1. The number of rotatable bonds is 4. The number of hydrogen-bond acceptors (Lipinski definition) is 4. The molecule has 124 valence electrons. The highest BCUT2D eigenvalue weighted by Crippen LogP contribution is 2.36. The lowest BCUT2D eigenvalue weighted by atomic mass is 10.1. The Morgan fingerprint density at radius 1 is 1.21 bits per heavy atom. The molecule has 0 bridgehead atoms. The highest BCUT2D eigenvalue weighted by atomic mass is 32.1. The van der Waals surface area contributed by atoms with E-state index in [1.54, 1.807) is 26.0 Å². The molecule has 0 spiro atoms. The van der Waals surface area contributed by atoms with Crippen molar-refractivity contribution in [2.45, 2.75) is 20.0 Å². The Bertz CT molecular complexity index is 880. The molecular formula is C17H13F2NO3S. The molecule has 24 heavy (non-hydrogen) atoms. The van der Waals surface area contributed by atoms with E-state index < -0.39 is 12.1 Å². The first kappa shape index (κ1) is 16.3. The molecule has 1 aromatic heterocycles. The molecule has 1 N–H and O–H groups in total. The number of thiazole rings is 1. The zero-order valence-electron chi connectivity index (χ0n) is 12.8. The summed E-state index contributed by atoms with van der Waals surface area (Å²) in [6.07, 6.45) is -4.27. The molecular weight excluding hydrogens is 336 g/mol. The zero-order valence-corrected chi connectivity index (χ0v) is 13.7. The number of benzene rings is 2. The van der Waals surface area contributed by atoms with Crippen LogP contribution in [0.25, 0.3) is 20.8 Å². The SMILES string of the molecule is Cc1cc(-c2nc3ccccc3s2)cc(C)c1OC(F)(F)C(=O)O. The molecule has 0 amide bonds. The van der Waals surface area contributed by atoms with Crippen molar-refractivity contribution in [2.75, 3.05) is 0 Å². The van der Waals surface area contributed by atoms with Crippen molar-refractivity contribution in [3.8, 4) is 16.3 Å². The predicted molar refractivity (Wildman–Crippen MR) is 87.7 cm³/mol. The maximum absolute atomic E-state index is 13.3. The normalized spacial score (nSPS) is 11.7. The summed E-state index contributed by atoms with van der Waals surface area (Å²) in [6.45, 7) is 3.19. The second kappa shape index (κ2) is 5.83. The third-order valence-electron chi connectivity index (χ3n) is 3.48. The van der Waals surface area contributed by atoms with Gasteiger partial charge in [0.05, 0.1) is 10.2 Å². The average Bonchev–Trinajstić information content (AvgIpc) is 2.94. The van der Waals surface area contributed by atoms with Crippen LogP contribution in [0.3, 0.4) is 0 Å². The number of halogens is 2. The number of hydrogen-bond donors (Lipinski definition) is 1. The van der Waals surface area contributed by atoms with Gasteiger partial charge in [-0.15, -0.1) is 11.3 Å². The number of carboxylic acids is 1. The summed E-state index contributed by atoms with van der Waals surface area (Å²) < 4.78 is 32.1. The fourth-order valence-corrected chi connectivity index (χ4v) is 3.36. The Morgan fingerprint density at radius 2 is 1.83 bits per heavy atom. The molecule has 0 fully saturated rings. The van der Waals surface area contributed by atoms with E-state index in [0.29, 0.717) is 11.1 Å². The van der Waals surface area contributed by atoms with Crippen LogP contribution in [0.2, 0.25) is 0 Å². The van der Waals surface area contributed by atoms with Gasteiger partial charge in [0.25, 0.3) is 0 Å². The van der Waals surface area contributed by atoms with Crippen LogP contribution in [-0.2, 0) is 4.79 Å². The van der Waals surface area contributed by atoms with E-state index in [2.05, 4.69) is 9.72 Å². The highest BCUT2D eigenvalue weighted by Gasteiger charge is 2.43. The van der Waals surface area contributed by atoms with E-state index in [9.17, 15) is 13.6 Å². The van der Waals surface area contributed by atoms with Gasteiger partial charge in [-0.2, -0.15) is 8.78 Å². The molecule has 0 saturated carbocycles. The van der Waals surface area contributed by atoms with Crippen molar-refractivity contribution in [1.29, 1.82) is 0 Å². The Balaban J connectivity index is 2.02. The van der Waals surface area contributed by atoms with Gasteiger partial charge in [0.2, 0.25) is 0 Å². The Kier molecular flexibility index (Phi) is 3.96. The van der Waals surface area contributed by atoms with E-state index in [0.717, 1.165) is 20.8 Å². The molecule has 0 unspecified atom stereocenters. The van der Waals surface area contributed by atoms with Gasteiger partial charge < -0.3 is 9.84 Å². The van der Waals surface area contributed by atoms with Crippen LogP contribution in [0.15, 0.2) is 36.4 Å². The summed E-state index contributed by atoms with van der Waals surface area (Å²) in [5, 5.41) is 9.28. The van der Waals surface area contributed by atoms with Gasteiger partial charge in [-0.25, -0.2) is 9.78 Å². The van der Waals surface area contributed by atoms with E-state index in [1.807, 2.05) is 24.3 Å². The lowest BCUT2D eigenvalue weighted by Crippen LogP contribution is -2.35. The second-order valence-corrected chi connectivity index (χ2v) is 6.38. The highest BCUT2D eigenvalue weighted by molar-refractivity contribution is 7.21. The summed E-state index contributed by atoms with van der Waals surface area (Å²) in [5.74, 6) is -2.45. The first-order valence-corrected chi connectivity index (χ1v) is 7.87. The van der Waals surface area contributed by atoms with Crippen molar-refractivity contribution in [3.05, 3.63) is 47.5 Å². The standard InChI is InChI=1S/C17H13F2NO3S/c1-9-7-11(15-20-12-5-3-4-6-13(12)24-15)8-10(2)14(9)23-17(18,19)16(21)22/h3-8H,1-2H3,(H,21,22). The van der Waals surface area contributed by atoms with Gasteiger partial charge in [0.1, 0.15) is 10.8 Å². The fraction of sp³-hybridized carbons (Fsp3) is 0.176. The van der Waals surface area contributed by atoms with Crippen LogP contribution in [-0.4, -0.2) is 22.2 Å². The molecule has 0 atom stereocenters. The monoisotopic (exact) mass is 349 g/mol. The van der Waals surface area contributed by atoms with Crippen molar-refractivity contribution >= 4 is 27.5 Å². The first-order valence-electron chi connectivity index (χ1n) is 7.05. The molecule has 0 radical (unpaired) electrons. The van der Waals surface area contributed by atoms with Crippen molar-refractivity contribution in [2.24, 2.45) is 0 Å². The first-order chi connectivity index (χ1) is 11.3. The molecule has 2 aromatic carbocycles. The van der Waals surface area contributed by atoms with E-state index >= 15 is 0 Å². The third-order valence-corrected chi connectivity index (χ3v) is 4.57. The Labute approximate surface area is 140 Å². The number of aromatic nitrogens is 1. The minimum absolute atomic E-state index is 0.132. The average molecular weight is 349 g/mol. The molecule has 3 rings (SSSR count). The summed E-state index contributed by atoms with van der Waals surface area (Å²) >= 11 is 1.50. The predicted octanol–water partition coefficient (Wildman–Crippen LogP) is 4.64. The summed E-state index contributed by atoms with van der Waals surface area (Å²) in [4.78, 5) is 15.1. The number of aliphatic carboxylic acids is 1. The molecule has 3 aromatic rings. The maximum atomic E-state index is 13.3. The topological polar surface area (TPSA) is 59.4 Å². The molecule has 0 aliphatic rings. The summed E-state index contributed by atoms with van der Waals surface area (Å²) in [5.41, 5.74) is 2.48. The lowest BCUT2D eigenvalue weighted by Gasteiger charge is -2.17. The van der Waals surface area contributed by atoms with Gasteiger partial charge in [0.15, 0.2) is 0 Å². The fourth-order valence-electron chi connectivity index (χ4n) is 2.40. The van der Waals surface area contributed by atoms with Gasteiger partial charge in [0, 0.05) is 5.56 Å². The van der Waals surface area contributed by atoms with Crippen LogP contribution >= 0.6 is 11.3 Å².